The maximum atomic E-state index is 12.3. The zero-order valence-corrected chi connectivity index (χ0v) is 14.3. The number of carbonyl (C=O) groups excluding carboxylic acids is 1. The summed E-state index contributed by atoms with van der Waals surface area (Å²) in [4.78, 5) is 14.1. The topological polar surface area (TPSA) is 50.8 Å². The van der Waals surface area contributed by atoms with Crippen LogP contribution >= 0.6 is 0 Å². The van der Waals surface area contributed by atoms with E-state index in [1.54, 1.807) is 12.0 Å². The first-order valence-electron chi connectivity index (χ1n) is 8.64. The minimum absolute atomic E-state index is 0.0625. The lowest BCUT2D eigenvalue weighted by atomic mass is 10.0. The number of nitrogens with zero attached hydrogens (tertiary/aromatic N) is 1. The summed E-state index contributed by atoms with van der Waals surface area (Å²) in [5.74, 6) is 1.70. The van der Waals surface area contributed by atoms with E-state index in [1.807, 2.05) is 20.8 Å². The smallest absolute Gasteiger partial charge is 0.410 e. The molecule has 3 rings (SSSR count). The number of rotatable bonds is 5. The Morgan fingerprint density at radius 3 is 2.18 bits per heavy atom. The third-order valence-electron chi connectivity index (χ3n) is 4.89. The molecule has 1 amide bonds. The fourth-order valence-corrected chi connectivity index (χ4v) is 3.46. The normalized spacial score (nSPS) is 29.2. The SMILES string of the molecule is CO[C@H]1CN(C(=O)OC(C)(C)C)CC1NC(C1CC1)C1CC1. The van der Waals surface area contributed by atoms with Crippen LogP contribution < -0.4 is 5.32 Å². The highest BCUT2D eigenvalue weighted by molar-refractivity contribution is 5.68. The molecule has 0 bridgehead atoms. The first kappa shape index (κ1) is 16.1. The number of nitrogens with one attached hydrogen (secondary N) is 1. The molecule has 3 fully saturated rings. The summed E-state index contributed by atoms with van der Waals surface area (Å²) in [6.07, 6.45) is 5.26. The van der Waals surface area contributed by atoms with Crippen LogP contribution in [0.4, 0.5) is 4.79 Å². The standard InChI is InChI=1S/C17H30N2O3/c1-17(2,3)22-16(20)19-9-13(14(10-19)21-4)18-15(11-5-6-11)12-7-8-12/h11-15,18H,5-10H2,1-4H3/t13?,14-/m0/s1. The summed E-state index contributed by atoms with van der Waals surface area (Å²) in [5, 5.41) is 3.81. The number of ether oxygens (including phenoxy) is 2. The van der Waals surface area contributed by atoms with E-state index in [4.69, 9.17) is 9.47 Å². The molecule has 0 radical (unpaired) electrons. The number of hydrogen-bond donors (Lipinski definition) is 1. The number of carbonyl (C=O) groups is 1. The molecule has 5 nitrogen and oxygen atoms in total. The average Bonchev–Trinajstić information content (AvgIpc) is 3.32. The fraction of sp³-hybridized carbons (Fsp3) is 0.941. The molecule has 22 heavy (non-hydrogen) atoms. The highest BCUT2D eigenvalue weighted by Gasteiger charge is 2.45. The number of methoxy groups -OCH3 is 1. The van der Waals surface area contributed by atoms with Crippen molar-refractivity contribution in [3.8, 4) is 0 Å². The molecule has 0 aromatic carbocycles. The van der Waals surface area contributed by atoms with Crippen molar-refractivity contribution in [3.63, 3.8) is 0 Å². The Morgan fingerprint density at radius 2 is 1.73 bits per heavy atom. The van der Waals surface area contributed by atoms with Gasteiger partial charge in [-0.3, -0.25) is 0 Å². The van der Waals surface area contributed by atoms with Gasteiger partial charge in [0, 0.05) is 19.7 Å². The van der Waals surface area contributed by atoms with Crippen molar-refractivity contribution in [1.29, 1.82) is 0 Å². The largest absolute Gasteiger partial charge is 0.444 e. The van der Waals surface area contributed by atoms with Gasteiger partial charge in [0.25, 0.3) is 0 Å². The average molecular weight is 310 g/mol. The molecule has 3 aliphatic rings. The third-order valence-corrected chi connectivity index (χ3v) is 4.89. The van der Waals surface area contributed by atoms with Crippen LogP contribution in [0, 0.1) is 11.8 Å². The van der Waals surface area contributed by atoms with E-state index >= 15 is 0 Å². The second-order valence-corrected chi connectivity index (χ2v) is 8.13. The van der Waals surface area contributed by atoms with Crippen LogP contribution in [-0.2, 0) is 9.47 Å². The van der Waals surface area contributed by atoms with Crippen LogP contribution in [0.15, 0.2) is 0 Å². The predicted molar refractivity (Wildman–Crippen MR) is 84.8 cm³/mol. The Balaban J connectivity index is 1.58. The molecule has 5 heteroatoms. The van der Waals surface area contributed by atoms with E-state index in [0.717, 1.165) is 11.8 Å². The summed E-state index contributed by atoms with van der Waals surface area (Å²) in [5.41, 5.74) is -0.449. The van der Waals surface area contributed by atoms with Gasteiger partial charge in [0.1, 0.15) is 5.60 Å². The summed E-state index contributed by atoms with van der Waals surface area (Å²) >= 11 is 0. The molecule has 1 heterocycles. The highest BCUT2D eigenvalue weighted by atomic mass is 16.6. The summed E-state index contributed by atoms with van der Waals surface area (Å²) in [7, 11) is 1.74. The second-order valence-electron chi connectivity index (χ2n) is 8.13. The van der Waals surface area contributed by atoms with Crippen molar-refractivity contribution in [2.24, 2.45) is 11.8 Å². The molecule has 1 saturated heterocycles. The van der Waals surface area contributed by atoms with Crippen LogP contribution in [0.1, 0.15) is 46.5 Å². The van der Waals surface area contributed by atoms with Crippen LogP contribution in [0.3, 0.4) is 0 Å². The van der Waals surface area contributed by atoms with Gasteiger partial charge in [-0.05, 0) is 58.3 Å². The van der Waals surface area contributed by atoms with Crippen molar-refractivity contribution in [3.05, 3.63) is 0 Å². The Hall–Kier alpha value is -0.810. The molecule has 1 unspecified atom stereocenters. The lowest BCUT2D eigenvalue weighted by Crippen LogP contribution is -2.48. The molecule has 1 N–H and O–H groups in total. The van der Waals surface area contributed by atoms with Crippen molar-refractivity contribution < 1.29 is 14.3 Å². The van der Waals surface area contributed by atoms with Crippen molar-refractivity contribution in [2.75, 3.05) is 20.2 Å². The maximum absolute atomic E-state index is 12.3. The molecule has 2 aliphatic carbocycles. The third kappa shape index (κ3) is 3.93. The lowest BCUT2D eigenvalue weighted by molar-refractivity contribution is 0.0252. The van der Waals surface area contributed by atoms with Crippen LogP contribution in [-0.4, -0.2) is 55.0 Å². The molecular formula is C17H30N2O3. The van der Waals surface area contributed by atoms with Gasteiger partial charge >= 0.3 is 6.09 Å². The monoisotopic (exact) mass is 310 g/mol. The van der Waals surface area contributed by atoms with Crippen molar-refractivity contribution in [1.82, 2.24) is 10.2 Å². The summed E-state index contributed by atoms with van der Waals surface area (Å²) in [6, 6.07) is 0.852. The first-order valence-corrected chi connectivity index (χ1v) is 8.64. The molecule has 2 atom stereocenters. The van der Waals surface area contributed by atoms with E-state index in [1.165, 1.54) is 25.7 Å². The van der Waals surface area contributed by atoms with Crippen molar-refractivity contribution in [2.45, 2.75) is 70.2 Å². The predicted octanol–water partition coefficient (Wildman–Crippen LogP) is 2.40. The Kier molecular flexibility index (Phi) is 4.38. The number of likely N-dealkylation sites (tertiary alicyclic amines) is 1. The van der Waals surface area contributed by atoms with Gasteiger partial charge in [-0.1, -0.05) is 0 Å². The first-order chi connectivity index (χ1) is 10.4. The molecule has 2 saturated carbocycles. The molecule has 0 spiro atoms. The van der Waals surface area contributed by atoms with E-state index in [0.29, 0.717) is 19.1 Å². The van der Waals surface area contributed by atoms with Gasteiger partial charge in [0.2, 0.25) is 0 Å². The summed E-state index contributed by atoms with van der Waals surface area (Å²) < 4.78 is 11.1. The minimum atomic E-state index is -0.449. The van der Waals surface area contributed by atoms with Crippen molar-refractivity contribution >= 4 is 6.09 Å². The zero-order chi connectivity index (χ0) is 15.9. The van der Waals surface area contributed by atoms with E-state index in [9.17, 15) is 4.79 Å². The lowest BCUT2D eigenvalue weighted by Gasteiger charge is -2.26. The van der Waals surface area contributed by atoms with Gasteiger partial charge in [0.05, 0.1) is 18.7 Å². The Morgan fingerprint density at radius 1 is 1.14 bits per heavy atom. The number of hydrogen-bond acceptors (Lipinski definition) is 4. The molecule has 1 aliphatic heterocycles. The van der Waals surface area contributed by atoms with Crippen LogP contribution in [0.25, 0.3) is 0 Å². The highest BCUT2D eigenvalue weighted by Crippen LogP contribution is 2.45. The maximum Gasteiger partial charge on any atom is 0.410 e. The fourth-order valence-electron chi connectivity index (χ4n) is 3.46. The molecular weight excluding hydrogens is 280 g/mol. The second kappa shape index (κ2) is 6.00. The van der Waals surface area contributed by atoms with Crippen LogP contribution in [0.5, 0.6) is 0 Å². The molecule has 126 valence electrons. The molecule has 0 aromatic heterocycles. The van der Waals surface area contributed by atoms with Gasteiger partial charge in [0.15, 0.2) is 0 Å². The van der Waals surface area contributed by atoms with E-state index in [-0.39, 0.29) is 18.2 Å². The Bertz CT molecular complexity index is 401. The molecule has 0 aromatic rings. The zero-order valence-electron chi connectivity index (χ0n) is 14.3. The van der Waals surface area contributed by atoms with E-state index < -0.39 is 5.60 Å². The van der Waals surface area contributed by atoms with Gasteiger partial charge in [-0.2, -0.15) is 0 Å². The number of amides is 1. The minimum Gasteiger partial charge on any atom is -0.444 e. The van der Waals surface area contributed by atoms with Gasteiger partial charge in [-0.15, -0.1) is 0 Å². The van der Waals surface area contributed by atoms with Gasteiger partial charge < -0.3 is 19.7 Å². The Labute approximate surface area is 133 Å². The van der Waals surface area contributed by atoms with Gasteiger partial charge in [-0.25, -0.2) is 4.79 Å². The van der Waals surface area contributed by atoms with Crippen LogP contribution in [0.2, 0.25) is 0 Å². The quantitative estimate of drug-likeness (QED) is 0.847. The van der Waals surface area contributed by atoms with E-state index in [2.05, 4.69) is 5.32 Å². The summed E-state index contributed by atoms with van der Waals surface area (Å²) in [6.45, 7) is 7.01.